The molecule has 0 spiro atoms. The van der Waals surface area contributed by atoms with Crippen LogP contribution in [0.1, 0.15) is 26.7 Å². The van der Waals surface area contributed by atoms with Crippen LogP contribution >= 0.6 is 0 Å². The fourth-order valence-corrected chi connectivity index (χ4v) is 0.787. The van der Waals surface area contributed by atoms with E-state index in [0.29, 0.717) is 13.2 Å². The molecule has 0 aliphatic carbocycles. The molecule has 5 heteroatoms. The van der Waals surface area contributed by atoms with Gasteiger partial charge in [-0.05, 0) is 13.3 Å². The summed E-state index contributed by atoms with van der Waals surface area (Å²) in [5, 5.41) is 10.8. The van der Waals surface area contributed by atoms with Crippen molar-refractivity contribution in [3.63, 3.8) is 0 Å². The number of carbonyl (C=O) groups excluding carboxylic acids is 1. The van der Waals surface area contributed by atoms with Crippen molar-refractivity contribution in [2.45, 2.75) is 32.7 Å². The Hall–Kier alpha value is -1.10. The molecule has 0 aromatic rings. The number of carbonyl (C=O) groups is 2. The number of carboxylic acids is 1. The average molecular weight is 203 g/mol. The number of nitrogens with one attached hydrogen (secondary N) is 1. The molecule has 0 bridgehead atoms. The Bertz CT molecular complexity index is 193. The van der Waals surface area contributed by atoms with Crippen LogP contribution in [0.25, 0.3) is 0 Å². The molecular formula is C9H17NO4. The highest BCUT2D eigenvalue weighted by Crippen LogP contribution is 1.88. The summed E-state index contributed by atoms with van der Waals surface area (Å²) >= 11 is 0. The molecule has 1 atom stereocenters. The van der Waals surface area contributed by atoms with Crippen molar-refractivity contribution in [1.29, 1.82) is 0 Å². The topological polar surface area (TPSA) is 75.6 Å². The number of aliphatic carboxylic acids is 1. The number of hydrogen-bond acceptors (Lipinski definition) is 3. The first-order chi connectivity index (χ1) is 6.57. The van der Waals surface area contributed by atoms with Gasteiger partial charge in [-0.2, -0.15) is 0 Å². The van der Waals surface area contributed by atoms with Gasteiger partial charge in [-0.15, -0.1) is 0 Å². The van der Waals surface area contributed by atoms with Crippen LogP contribution in [0.15, 0.2) is 0 Å². The number of carboxylic acid groups (broad SMARTS) is 1. The molecule has 0 aliphatic heterocycles. The Labute approximate surface area is 83.4 Å². The van der Waals surface area contributed by atoms with E-state index in [2.05, 4.69) is 5.32 Å². The van der Waals surface area contributed by atoms with Gasteiger partial charge in [-0.25, -0.2) is 0 Å². The lowest BCUT2D eigenvalue weighted by Crippen LogP contribution is -2.38. The van der Waals surface area contributed by atoms with Crippen molar-refractivity contribution < 1.29 is 19.4 Å². The maximum Gasteiger partial charge on any atom is 0.325 e. The molecule has 82 valence electrons. The third-order valence-electron chi connectivity index (χ3n) is 1.57. The van der Waals surface area contributed by atoms with Crippen LogP contribution in [0, 0.1) is 0 Å². The minimum atomic E-state index is -1.03. The van der Waals surface area contributed by atoms with E-state index in [9.17, 15) is 9.59 Å². The van der Waals surface area contributed by atoms with E-state index in [0.717, 1.165) is 6.42 Å². The minimum absolute atomic E-state index is 0.206. The molecule has 0 heterocycles. The fraction of sp³-hybridized carbons (Fsp3) is 0.778. The molecule has 1 unspecified atom stereocenters. The first kappa shape index (κ1) is 12.9. The summed E-state index contributed by atoms with van der Waals surface area (Å²) in [4.78, 5) is 21.4. The maximum atomic E-state index is 11.1. The third kappa shape index (κ3) is 6.42. The zero-order valence-electron chi connectivity index (χ0n) is 8.58. The fourth-order valence-electron chi connectivity index (χ4n) is 0.787. The Morgan fingerprint density at radius 3 is 2.57 bits per heavy atom. The highest BCUT2D eigenvalue weighted by Gasteiger charge is 2.12. The summed E-state index contributed by atoms with van der Waals surface area (Å²) in [6.45, 7) is 4.37. The van der Waals surface area contributed by atoms with Crippen LogP contribution in [0.5, 0.6) is 0 Å². The summed E-state index contributed by atoms with van der Waals surface area (Å²) in [6.07, 6.45) is 1.12. The monoisotopic (exact) mass is 203 g/mol. The molecule has 14 heavy (non-hydrogen) atoms. The van der Waals surface area contributed by atoms with E-state index in [1.54, 1.807) is 0 Å². The summed E-state index contributed by atoms with van der Waals surface area (Å²) in [7, 11) is 0. The van der Waals surface area contributed by atoms with E-state index in [1.165, 1.54) is 6.92 Å². The van der Waals surface area contributed by atoms with Gasteiger partial charge in [0.25, 0.3) is 0 Å². The summed E-state index contributed by atoms with van der Waals surface area (Å²) in [6, 6.07) is -0.839. The Balaban J connectivity index is 3.50. The smallest absolute Gasteiger partial charge is 0.325 e. The Kier molecular flexibility index (Phi) is 6.74. The summed E-state index contributed by atoms with van der Waals surface area (Å²) in [5.74, 6) is -1.33. The predicted molar refractivity (Wildman–Crippen MR) is 51.0 cm³/mol. The van der Waals surface area contributed by atoms with Gasteiger partial charge in [0.05, 0.1) is 6.61 Å². The SMILES string of the molecule is CCCOCCC(=O)NC(C)C(=O)O. The van der Waals surface area contributed by atoms with Crippen molar-refractivity contribution >= 4 is 11.9 Å². The molecule has 0 rings (SSSR count). The van der Waals surface area contributed by atoms with E-state index < -0.39 is 12.0 Å². The molecule has 0 aliphatic rings. The van der Waals surface area contributed by atoms with Gasteiger partial charge >= 0.3 is 5.97 Å². The van der Waals surface area contributed by atoms with Crippen molar-refractivity contribution in [1.82, 2.24) is 5.32 Å². The van der Waals surface area contributed by atoms with Gasteiger partial charge < -0.3 is 15.2 Å². The molecular weight excluding hydrogens is 186 g/mol. The second kappa shape index (κ2) is 7.32. The quantitative estimate of drug-likeness (QED) is 0.587. The molecule has 5 nitrogen and oxygen atoms in total. The van der Waals surface area contributed by atoms with E-state index in [-0.39, 0.29) is 12.3 Å². The van der Waals surface area contributed by atoms with Gasteiger partial charge in [-0.1, -0.05) is 6.92 Å². The van der Waals surface area contributed by atoms with E-state index in [1.807, 2.05) is 6.92 Å². The number of ether oxygens (including phenoxy) is 1. The Morgan fingerprint density at radius 1 is 1.43 bits per heavy atom. The summed E-state index contributed by atoms with van der Waals surface area (Å²) < 4.78 is 5.09. The largest absolute Gasteiger partial charge is 0.480 e. The highest BCUT2D eigenvalue weighted by atomic mass is 16.5. The number of rotatable bonds is 7. The predicted octanol–water partition coefficient (Wildman–Crippen LogP) is 0.392. The third-order valence-corrected chi connectivity index (χ3v) is 1.57. The normalized spacial score (nSPS) is 12.1. The van der Waals surface area contributed by atoms with Crippen LogP contribution in [0.2, 0.25) is 0 Å². The molecule has 1 amide bonds. The van der Waals surface area contributed by atoms with Gasteiger partial charge in [0.15, 0.2) is 0 Å². The first-order valence-corrected chi connectivity index (χ1v) is 4.67. The lowest BCUT2D eigenvalue weighted by molar-refractivity contribution is -0.141. The van der Waals surface area contributed by atoms with E-state index >= 15 is 0 Å². The van der Waals surface area contributed by atoms with Gasteiger partial charge in [0.2, 0.25) is 5.91 Å². The van der Waals surface area contributed by atoms with Crippen LogP contribution in [-0.4, -0.2) is 36.2 Å². The van der Waals surface area contributed by atoms with Crippen molar-refractivity contribution in [2.75, 3.05) is 13.2 Å². The second-order valence-corrected chi connectivity index (χ2v) is 2.99. The molecule has 0 saturated carbocycles. The average Bonchev–Trinajstić information content (AvgIpc) is 2.12. The van der Waals surface area contributed by atoms with Gasteiger partial charge in [-0.3, -0.25) is 9.59 Å². The standard InChI is InChI=1S/C9H17NO4/c1-3-5-14-6-4-8(11)10-7(2)9(12)13/h7H,3-6H2,1-2H3,(H,10,11)(H,12,13). The highest BCUT2D eigenvalue weighted by molar-refractivity contribution is 5.83. The van der Waals surface area contributed by atoms with Crippen molar-refractivity contribution in [2.24, 2.45) is 0 Å². The van der Waals surface area contributed by atoms with E-state index in [4.69, 9.17) is 9.84 Å². The number of hydrogen-bond donors (Lipinski definition) is 2. The second-order valence-electron chi connectivity index (χ2n) is 2.99. The van der Waals surface area contributed by atoms with Crippen molar-refractivity contribution in [3.8, 4) is 0 Å². The van der Waals surface area contributed by atoms with Crippen LogP contribution in [0.4, 0.5) is 0 Å². The number of amides is 1. The minimum Gasteiger partial charge on any atom is -0.480 e. The molecule has 0 aromatic heterocycles. The van der Waals surface area contributed by atoms with Gasteiger partial charge in [0, 0.05) is 13.0 Å². The zero-order chi connectivity index (χ0) is 11.0. The molecule has 2 N–H and O–H groups in total. The van der Waals surface area contributed by atoms with Crippen LogP contribution < -0.4 is 5.32 Å². The zero-order valence-corrected chi connectivity index (χ0v) is 8.58. The van der Waals surface area contributed by atoms with Crippen molar-refractivity contribution in [3.05, 3.63) is 0 Å². The lowest BCUT2D eigenvalue weighted by Gasteiger charge is -2.08. The summed E-state index contributed by atoms with van der Waals surface area (Å²) in [5.41, 5.74) is 0. The Morgan fingerprint density at radius 2 is 2.07 bits per heavy atom. The molecule has 0 saturated heterocycles. The van der Waals surface area contributed by atoms with Gasteiger partial charge in [0.1, 0.15) is 6.04 Å². The lowest BCUT2D eigenvalue weighted by atomic mass is 10.3. The van der Waals surface area contributed by atoms with Crippen LogP contribution in [-0.2, 0) is 14.3 Å². The molecule has 0 aromatic carbocycles. The maximum absolute atomic E-state index is 11.1. The first-order valence-electron chi connectivity index (χ1n) is 4.67. The van der Waals surface area contributed by atoms with Crippen LogP contribution in [0.3, 0.4) is 0 Å². The molecule has 0 fully saturated rings. The molecule has 0 radical (unpaired) electrons.